The molecule has 0 amide bonds. The Hall–Kier alpha value is -3.12. The van der Waals surface area contributed by atoms with E-state index in [4.69, 9.17) is 16.5 Å². The minimum atomic E-state index is -1.83. The fourth-order valence-electron chi connectivity index (χ4n) is 3.75. The van der Waals surface area contributed by atoms with Gasteiger partial charge >= 0.3 is 0 Å². The fourth-order valence-corrected chi connectivity index (χ4v) is 3.75. The Morgan fingerprint density at radius 1 is 1.14 bits per heavy atom. The summed E-state index contributed by atoms with van der Waals surface area (Å²) < 4.78 is 43.1. The summed E-state index contributed by atoms with van der Waals surface area (Å²) in [5, 5.41) is 1.78. The van der Waals surface area contributed by atoms with E-state index in [-0.39, 0.29) is 17.6 Å². The molecule has 0 aliphatic heterocycles. The van der Waals surface area contributed by atoms with Gasteiger partial charge in [-0.25, -0.2) is 4.85 Å². The van der Waals surface area contributed by atoms with Gasteiger partial charge in [-0.05, 0) is 48.9 Å². The molecule has 0 bridgehead atoms. The molecule has 0 radical (unpaired) electrons. The Kier molecular flexibility index (Phi) is 3.60. The monoisotopic (exact) mass is 387 g/mol. The number of furan rings is 1. The average molecular weight is 388 g/mol. The molecule has 0 unspecified atom stereocenters. The Balaban J connectivity index is 2.18. The third-order valence-electron chi connectivity index (χ3n) is 5.34. The first-order valence-electron chi connectivity index (χ1n) is 11.8. The van der Waals surface area contributed by atoms with E-state index >= 15 is 0 Å². The Morgan fingerprint density at radius 2 is 1.90 bits per heavy atom. The van der Waals surface area contributed by atoms with Gasteiger partial charge in [0, 0.05) is 32.5 Å². The van der Waals surface area contributed by atoms with Crippen LogP contribution < -0.4 is 4.57 Å². The van der Waals surface area contributed by atoms with Gasteiger partial charge < -0.3 is 4.42 Å². The summed E-state index contributed by atoms with van der Waals surface area (Å²) in [6, 6.07) is 7.72. The number of rotatable bonds is 3. The predicted molar refractivity (Wildman–Crippen MR) is 119 cm³/mol. The minimum Gasteiger partial charge on any atom is -0.456 e. The van der Waals surface area contributed by atoms with Gasteiger partial charge in [0.25, 0.3) is 0 Å². The zero-order chi connectivity index (χ0) is 24.4. The van der Waals surface area contributed by atoms with Crippen LogP contribution in [0.5, 0.6) is 0 Å². The molecule has 146 valence electrons. The maximum atomic E-state index is 9.05. The van der Waals surface area contributed by atoms with Crippen LogP contribution in [-0.2, 0) is 13.4 Å². The first kappa shape index (κ1) is 14.8. The molecular weight excluding hydrogens is 356 g/mol. The lowest BCUT2D eigenvalue weighted by Crippen LogP contribution is -2.35. The van der Waals surface area contributed by atoms with E-state index < -0.39 is 12.3 Å². The van der Waals surface area contributed by atoms with Crippen LogP contribution >= 0.6 is 0 Å². The van der Waals surface area contributed by atoms with E-state index in [0.29, 0.717) is 33.8 Å². The van der Waals surface area contributed by atoms with Gasteiger partial charge in [0.15, 0.2) is 11.4 Å². The maximum absolute atomic E-state index is 9.05. The quantitative estimate of drug-likeness (QED) is 0.281. The second-order valence-electron chi connectivity index (χ2n) is 7.90. The molecule has 0 aliphatic carbocycles. The van der Waals surface area contributed by atoms with E-state index in [9.17, 15) is 0 Å². The van der Waals surface area contributed by atoms with Crippen LogP contribution in [0.3, 0.4) is 0 Å². The molecule has 4 rings (SSSR count). The first-order valence-corrected chi connectivity index (χ1v) is 9.76. The van der Waals surface area contributed by atoms with E-state index in [1.807, 2.05) is 32.0 Å². The van der Waals surface area contributed by atoms with Crippen molar-refractivity contribution in [2.24, 2.45) is 13.0 Å². The fraction of sp³-hybridized carbons (Fsp3) is 0.308. The molecule has 29 heavy (non-hydrogen) atoms. The molecule has 0 spiro atoms. The minimum absolute atomic E-state index is 0.000818. The summed E-state index contributed by atoms with van der Waals surface area (Å²) in [6.45, 7) is 16.6. The van der Waals surface area contributed by atoms with Crippen LogP contribution in [0, 0.1) is 33.3 Å². The zero-order valence-corrected chi connectivity index (χ0v) is 17.7. The van der Waals surface area contributed by atoms with Crippen LogP contribution in [0.4, 0.5) is 5.69 Å². The van der Waals surface area contributed by atoms with Gasteiger partial charge in [-0.1, -0.05) is 32.0 Å². The van der Waals surface area contributed by atoms with Crippen molar-refractivity contribution >= 4 is 27.6 Å². The highest BCUT2D eigenvalue weighted by Crippen LogP contribution is 2.39. The molecule has 0 fully saturated rings. The van der Waals surface area contributed by atoms with Crippen molar-refractivity contribution in [1.82, 2.24) is 0 Å². The average Bonchev–Trinajstić information content (AvgIpc) is 3.10. The molecule has 2 aromatic carbocycles. The van der Waals surface area contributed by atoms with Crippen molar-refractivity contribution in [3.63, 3.8) is 0 Å². The van der Waals surface area contributed by atoms with Crippen LogP contribution in [0.2, 0.25) is 0 Å². The lowest BCUT2D eigenvalue weighted by Gasteiger charge is -2.11. The number of aromatic nitrogens is 1. The topological polar surface area (TPSA) is 21.4 Å². The summed E-state index contributed by atoms with van der Waals surface area (Å²) in [5.41, 5.74) is 5.42. The van der Waals surface area contributed by atoms with E-state index in [2.05, 4.69) is 4.85 Å². The number of aryl methyl sites for hydroxylation is 2. The maximum Gasteiger partial charge on any atom is 0.216 e. The Morgan fingerprint density at radius 3 is 2.59 bits per heavy atom. The smallest absolute Gasteiger partial charge is 0.216 e. The lowest BCUT2D eigenvalue weighted by atomic mass is 9.96. The third-order valence-corrected chi connectivity index (χ3v) is 5.34. The van der Waals surface area contributed by atoms with Gasteiger partial charge in [0.05, 0.1) is 14.9 Å². The largest absolute Gasteiger partial charge is 0.456 e. The van der Waals surface area contributed by atoms with Crippen molar-refractivity contribution in [3.05, 3.63) is 70.2 Å². The van der Waals surface area contributed by atoms with Gasteiger partial charge in [0.1, 0.15) is 18.2 Å². The normalized spacial score (nSPS) is 14.0. The van der Waals surface area contributed by atoms with E-state index in [1.165, 1.54) is 0 Å². The van der Waals surface area contributed by atoms with Crippen molar-refractivity contribution in [2.75, 3.05) is 0 Å². The highest BCUT2D eigenvalue weighted by atomic mass is 16.3. The molecule has 3 heteroatoms. The standard InChI is InChI=1S/C26H27N2O/c1-15(2)10-19-12-18(5)28(7)23(13-19)25-16(3)8-9-20-21-11-17(4)22(27-6)14-24(21)29-26(20)25/h8-9,11-15H,10H2,1-5,7H3/q+1/i10D2,12D,13D. The predicted octanol–water partition coefficient (Wildman–Crippen LogP) is 6.75. The molecule has 4 aromatic rings. The molecule has 2 heterocycles. The number of fused-ring (bicyclic) bond motifs is 3. The summed E-state index contributed by atoms with van der Waals surface area (Å²) in [7, 11) is 1.80. The Labute approximate surface area is 178 Å². The summed E-state index contributed by atoms with van der Waals surface area (Å²) in [6.07, 6.45) is -1.83. The SMILES string of the molecule is [2H]c1c(C([2H])([2H])C(C)C)c([2H])c(-c2c(C)ccc3c2oc2cc([N+]#[C-])c(C)cc23)[n+](C)c1C. The molecule has 0 saturated heterocycles. The lowest BCUT2D eigenvalue weighted by molar-refractivity contribution is -0.666. The summed E-state index contributed by atoms with van der Waals surface area (Å²) in [5.74, 6) is -0.399. The van der Waals surface area contributed by atoms with Gasteiger partial charge in [-0.15, -0.1) is 0 Å². The molecule has 2 aromatic heterocycles. The van der Waals surface area contributed by atoms with Gasteiger partial charge in [-0.3, -0.25) is 0 Å². The van der Waals surface area contributed by atoms with Crippen LogP contribution in [-0.4, -0.2) is 0 Å². The second-order valence-corrected chi connectivity index (χ2v) is 7.90. The van der Waals surface area contributed by atoms with E-state index in [0.717, 1.165) is 21.9 Å². The number of nitrogens with zero attached hydrogens (tertiary/aromatic N) is 2. The molecule has 0 aliphatic rings. The number of hydrogen-bond acceptors (Lipinski definition) is 1. The number of hydrogen-bond donors (Lipinski definition) is 0. The molecule has 3 nitrogen and oxygen atoms in total. The molecular formula is C26H27N2O+. The first-order chi connectivity index (χ1) is 15.4. The summed E-state index contributed by atoms with van der Waals surface area (Å²) in [4.78, 5) is 3.59. The Bertz CT molecular complexity index is 1490. The van der Waals surface area contributed by atoms with Crippen LogP contribution in [0.15, 0.2) is 40.8 Å². The van der Waals surface area contributed by atoms with Crippen molar-refractivity contribution in [1.29, 1.82) is 0 Å². The number of pyridine rings is 1. The van der Waals surface area contributed by atoms with Gasteiger partial charge in [0.2, 0.25) is 5.69 Å². The molecule has 0 N–H and O–H groups in total. The van der Waals surface area contributed by atoms with Gasteiger partial charge in [-0.2, -0.15) is 4.57 Å². The highest BCUT2D eigenvalue weighted by molar-refractivity contribution is 6.10. The van der Waals surface area contributed by atoms with Crippen LogP contribution in [0.25, 0.3) is 38.0 Å². The molecule has 0 saturated carbocycles. The third kappa shape index (κ3) is 3.19. The van der Waals surface area contributed by atoms with Crippen LogP contribution in [0.1, 0.15) is 41.7 Å². The van der Waals surface area contributed by atoms with Crippen molar-refractivity contribution in [3.8, 4) is 11.3 Å². The van der Waals surface area contributed by atoms with E-state index in [1.54, 1.807) is 38.5 Å². The highest BCUT2D eigenvalue weighted by Gasteiger charge is 2.23. The van der Waals surface area contributed by atoms with Crippen molar-refractivity contribution < 1.29 is 14.5 Å². The zero-order valence-electron chi connectivity index (χ0n) is 21.7. The number of benzene rings is 2. The van der Waals surface area contributed by atoms with Crippen molar-refractivity contribution in [2.45, 2.75) is 41.0 Å². The second kappa shape index (κ2) is 7.04. The summed E-state index contributed by atoms with van der Waals surface area (Å²) >= 11 is 0. The molecule has 0 atom stereocenters.